The molecule has 19 heavy (non-hydrogen) atoms. The first-order chi connectivity index (χ1) is 9.20. The van der Waals surface area contributed by atoms with E-state index in [0.717, 1.165) is 25.1 Å². The largest absolute Gasteiger partial charge is 0.341 e. The summed E-state index contributed by atoms with van der Waals surface area (Å²) in [4.78, 5) is 13.5. The summed E-state index contributed by atoms with van der Waals surface area (Å²) < 4.78 is 0. The maximum absolute atomic E-state index is 11.5. The zero-order valence-corrected chi connectivity index (χ0v) is 11.2. The number of nitriles is 1. The minimum Gasteiger partial charge on any atom is -0.341 e. The monoisotopic (exact) mass is 257 g/mol. The van der Waals surface area contributed by atoms with E-state index in [0.29, 0.717) is 18.5 Å². The molecule has 4 nitrogen and oxygen atoms in total. The lowest BCUT2D eigenvalue weighted by molar-refractivity contribution is -0.127. The van der Waals surface area contributed by atoms with Gasteiger partial charge in [-0.15, -0.1) is 0 Å². The number of carbonyl (C=O) groups excluding carboxylic acids is 1. The second kappa shape index (κ2) is 6.35. The van der Waals surface area contributed by atoms with Crippen molar-refractivity contribution in [1.29, 1.82) is 5.26 Å². The van der Waals surface area contributed by atoms with Gasteiger partial charge < -0.3 is 10.2 Å². The average molecular weight is 257 g/mol. The molecule has 1 aromatic carbocycles. The van der Waals surface area contributed by atoms with Gasteiger partial charge in [0.1, 0.15) is 0 Å². The van der Waals surface area contributed by atoms with Crippen LogP contribution >= 0.6 is 0 Å². The van der Waals surface area contributed by atoms with Gasteiger partial charge >= 0.3 is 0 Å². The van der Waals surface area contributed by atoms with Gasteiger partial charge in [-0.25, -0.2) is 0 Å². The summed E-state index contributed by atoms with van der Waals surface area (Å²) in [5.41, 5.74) is 1.71. The van der Waals surface area contributed by atoms with E-state index in [4.69, 9.17) is 5.26 Å². The van der Waals surface area contributed by atoms with E-state index in [2.05, 4.69) is 18.3 Å². The van der Waals surface area contributed by atoms with Crippen LogP contribution in [-0.4, -0.2) is 29.9 Å². The van der Waals surface area contributed by atoms with Gasteiger partial charge in [-0.05, 0) is 25.0 Å². The Morgan fingerprint density at radius 1 is 1.47 bits per heavy atom. The fourth-order valence-electron chi connectivity index (χ4n) is 2.36. The molecule has 0 radical (unpaired) electrons. The first-order valence-electron chi connectivity index (χ1n) is 6.70. The second-order valence-corrected chi connectivity index (χ2v) is 4.99. The molecular formula is C15H19N3O. The van der Waals surface area contributed by atoms with Crippen molar-refractivity contribution >= 4 is 5.91 Å². The van der Waals surface area contributed by atoms with Crippen molar-refractivity contribution < 1.29 is 4.79 Å². The summed E-state index contributed by atoms with van der Waals surface area (Å²) in [5.74, 6) is 0.256. The minimum atomic E-state index is 0.230. The Balaban J connectivity index is 1.85. The number of nitrogens with zero attached hydrogens (tertiary/aromatic N) is 2. The van der Waals surface area contributed by atoms with E-state index in [-0.39, 0.29) is 11.9 Å². The molecule has 1 amide bonds. The summed E-state index contributed by atoms with van der Waals surface area (Å²) >= 11 is 0. The minimum absolute atomic E-state index is 0.230. The fraction of sp³-hybridized carbons (Fsp3) is 0.467. The highest BCUT2D eigenvalue weighted by molar-refractivity contribution is 5.78. The van der Waals surface area contributed by atoms with Crippen LogP contribution in [0, 0.1) is 11.3 Å². The number of rotatable bonds is 5. The van der Waals surface area contributed by atoms with Crippen molar-refractivity contribution in [2.24, 2.45) is 0 Å². The van der Waals surface area contributed by atoms with E-state index in [9.17, 15) is 4.79 Å². The summed E-state index contributed by atoms with van der Waals surface area (Å²) in [6.07, 6.45) is 1.66. The van der Waals surface area contributed by atoms with Gasteiger partial charge in [0.2, 0.25) is 5.91 Å². The number of nitrogens with one attached hydrogen (secondary N) is 1. The van der Waals surface area contributed by atoms with Gasteiger partial charge in [0.25, 0.3) is 0 Å². The number of hydrogen-bond acceptors (Lipinski definition) is 3. The molecule has 1 aliphatic rings. The molecule has 1 N–H and O–H groups in total. The highest BCUT2D eigenvalue weighted by atomic mass is 16.2. The Morgan fingerprint density at radius 3 is 2.95 bits per heavy atom. The van der Waals surface area contributed by atoms with Crippen LogP contribution in [0.3, 0.4) is 0 Å². The van der Waals surface area contributed by atoms with Crippen LogP contribution in [0.2, 0.25) is 0 Å². The predicted octanol–water partition coefficient (Wildman–Crippen LogP) is 1.66. The third-order valence-corrected chi connectivity index (χ3v) is 3.44. The van der Waals surface area contributed by atoms with Crippen LogP contribution in [0.15, 0.2) is 24.3 Å². The number of benzene rings is 1. The molecule has 0 aromatic heterocycles. The van der Waals surface area contributed by atoms with Crippen molar-refractivity contribution in [2.75, 3.05) is 13.1 Å². The van der Waals surface area contributed by atoms with Crippen molar-refractivity contribution in [3.05, 3.63) is 35.4 Å². The molecule has 1 aromatic rings. The quantitative estimate of drug-likeness (QED) is 0.872. The molecule has 1 aliphatic heterocycles. The summed E-state index contributed by atoms with van der Waals surface area (Å²) in [6, 6.07) is 10.0. The second-order valence-electron chi connectivity index (χ2n) is 4.99. The van der Waals surface area contributed by atoms with E-state index in [1.165, 1.54) is 0 Å². The lowest BCUT2D eigenvalue weighted by Gasteiger charge is -2.21. The third kappa shape index (κ3) is 3.55. The zero-order chi connectivity index (χ0) is 13.7. The molecule has 1 heterocycles. The van der Waals surface area contributed by atoms with Gasteiger partial charge in [0, 0.05) is 32.1 Å². The smallest absolute Gasteiger partial charge is 0.222 e. The van der Waals surface area contributed by atoms with Crippen molar-refractivity contribution in [2.45, 2.75) is 32.4 Å². The van der Waals surface area contributed by atoms with Crippen LogP contribution in [0.1, 0.15) is 30.9 Å². The lowest BCUT2D eigenvalue weighted by Crippen LogP contribution is -2.39. The molecule has 1 fully saturated rings. The molecule has 1 unspecified atom stereocenters. The van der Waals surface area contributed by atoms with E-state index in [1.807, 2.05) is 29.2 Å². The molecule has 1 saturated heterocycles. The Bertz CT molecular complexity index is 492. The molecule has 4 heteroatoms. The predicted molar refractivity (Wildman–Crippen MR) is 73.3 cm³/mol. The maximum atomic E-state index is 11.5. The van der Waals surface area contributed by atoms with E-state index < -0.39 is 0 Å². The van der Waals surface area contributed by atoms with Crippen LogP contribution in [0.25, 0.3) is 0 Å². The third-order valence-electron chi connectivity index (χ3n) is 3.44. The molecular weight excluding hydrogens is 238 g/mol. The van der Waals surface area contributed by atoms with Crippen LogP contribution in [0.4, 0.5) is 0 Å². The number of carbonyl (C=O) groups is 1. The normalized spacial score (nSPS) is 16.4. The summed E-state index contributed by atoms with van der Waals surface area (Å²) in [5, 5.41) is 12.4. The molecule has 0 aliphatic carbocycles. The fourth-order valence-corrected chi connectivity index (χ4v) is 2.36. The van der Waals surface area contributed by atoms with E-state index >= 15 is 0 Å². The number of hydrogen-bond donors (Lipinski definition) is 1. The zero-order valence-electron chi connectivity index (χ0n) is 11.2. The topological polar surface area (TPSA) is 56.1 Å². The first kappa shape index (κ1) is 13.6. The molecule has 2 rings (SSSR count). The Labute approximate surface area is 114 Å². The van der Waals surface area contributed by atoms with Gasteiger partial charge in [-0.3, -0.25) is 4.79 Å². The SMILES string of the molecule is CC(CN1CCCC1=O)NCc1ccccc1C#N. The van der Waals surface area contributed by atoms with Crippen LogP contribution in [-0.2, 0) is 11.3 Å². The number of amides is 1. The maximum Gasteiger partial charge on any atom is 0.222 e. The van der Waals surface area contributed by atoms with Crippen molar-refractivity contribution in [1.82, 2.24) is 10.2 Å². The standard InChI is InChI=1S/C15H19N3O/c1-12(11-18-8-4-7-15(18)19)17-10-14-6-3-2-5-13(14)9-16/h2-3,5-6,12,17H,4,7-8,10-11H2,1H3. The Morgan fingerprint density at radius 2 is 2.26 bits per heavy atom. The Kier molecular flexibility index (Phi) is 4.53. The van der Waals surface area contributed by atoms with E-state index in [1.54, 1.807) is 0 Å². The van der Waals surface area contributed by atoms with Crippen molar-refractivity contribution in [3.63, 3.8) is 0 Å². The van der Waals surface area contributed by atoms with Crippen LogP contribution < -0.4 is 5.32 Å². The van der Waals surface area contributed by atoms with Crippen LogP contribution in [0.5, 0.6) is 0 Å². The molecule has 1 atom stereocenters. The van der Waals surface area contributed by atoms with Gasteiger partial charge in [0.15, 0.2) is 0 Å². The van der Waals surface area contributed by atoms with Gasteiger partial charge in [-0.1, -0.05) is 18.2 Å². The highest BCUT2D eigenvalue weighted by Gasteiger charge is 2.21. The average Bonchev–Trinajstić information content (AvgIpc) is 2.82. The molecule has 0 bridgehead atoms. The Hall–Kier alpha value is -1.86. The highest BCUT2D eigenvalue weighted by Crippen LogP contribution is 2.11. The number of likely N-dealkylation sites (tertiary alicyclic amines) is 1. The molecule has 0 saturated carbocycles. The van der Waals surface area contributed by atoms with Gasteiger partial charge in [0.05, 0.1) is 11.6 Å². The lowest BCUT2D eigenvalue weighted by atomic mass is 10.1. The molecule has 0 spiro atoms. The first-order valence-corrected chi connectivity index (χ1v) is 6.70. The summed E-state index contributed by atoms with van der Waals surface area (Å²) in [6.45, 7) is 4.35. The van der Waals surface area contributed by atoms with Gasteiger partial charge in [-0.2, -0.15) is 5.26 Å². The molecule has 100 valence electrons. The van der Waals surface area contributed by atoms with Crippen molar-refractivity contribution in [3.8, 4) is 6.07 Å². The summed E-state index contributed by atoms with van der Waals surface area (Å²) in [7, 11) is 0.